The van der Waals surface area contributed by atoms with Crippen molar-refractivity contribution < 1.29 is 14.3 Å². The lowest BCUT2D eigenvalue weighted by molar-refractivity contribution is 0.0996. The highest BCUT2D eigenvalue weighted by molar-refractivity contribution is 7.15. The van der Waals surface area contributed by atoms with Crippen LogP contribution in [0.3, 0.4) is 0 Å². The third-order valence-corrected chi connectivity index (χ3v) is 6.58. The molecule has 0 saturated carbocycles. The minimum absolute atomic E-state index is 0.197. The van der Waals surface area contributed by atoms with Crippen LogP contribution >= 0.6 is 11.3 Å². The van der Waals surface area contributed by atoms with Crippen LogP contribution in [0.4, 0.5) is 0 Å². The maximum absolute atomic E-state index is 11.6. The Bertz CT molecular complexity index is 1420. The SMILES string of the molecule is C[C@H](O)CCC(c1cccc2nc(-c3scc4ccccc34)oc12)n1cnc(C(N)=O)c1. The normalized spacial score (nSPS) is 13.6. The molecule has 0 saturated heterocycles. The van der Waals surface area contributed by atoms with Gasteiger partial charge in [-0.3, -0.25) is 4.79 Å². The van der Waals surface area contributed by atoms with Crippen molar-refractivity contribution in [2.75, 3.05) is 0 Å². The molecule has 0 radical (unpaired) electrons. The number of aromatic nitrogens is 3. The van der Waals surface area contributed by atoms with E-state index in [1.54, 1.807) is 30.8 Å². The lowest BCUT2D eigenvalue weighted by Crippen LogP contribution is -2.14. The number of aliphatic hydroxyl groups is 1. The molecule has 162 valence electrons. The Morgan fingerprint density at radius 3 is 2.84 bits per heavy atom. The number of imidazole rings is 1. The number of rotatable bonds is 7. The number of hydrogen-bond donors (Lipinski definition) is 2. The Labute approximate surface area is 188 Å². The van der Waals surface area contributed by atoms with E-state index in [1.165, 1.54) is 0 Å². The standard InChI is InChI=1S/C24H22N4O3S/c1-14(29)9-10-20(28-11-19(23(25)30)26-13-28)17-7-4-8-18-21(17)31-24(27-18)22-16-6-3-2-5-15(16)12-32-22/h2-8,11-14,20,29H,9-10H2,1H3,(H2,25,30)/t14-,20?/m0/s1. The van der Waals surface area contributed by atoms with Gasteiger partial charge in [0, 0.05) is 17.1 Å². The van der Waals surface area contributed by atoms with Crippen molar-refractivity contribution in [1.82, 2.24) is 14.5 Å². The average molecular weight is 447 g/mol. The zero-order chi connectivity index (χ0) is 22.2. The second kappa shape index (κ2) is 8.22. The zero-order valence-electron chi connectivity index (χ0n) is 17.4. The van der Waals surface area contributed by atoms with Crippen LogP contribution < -0.4 is 5.73 Å². The topological polar surface area (TPSA) is 107 Å². The first kappa shape index (κ1) is 20.4. The summed E-state index contributed by atoms with van der Waals surface area (Å²) < 4.78 is 8.17. The van der Waals surface area contributed by atoms with Gasteiger partial charge in [0.2, 0.25) is 5.89 Å². The summed E-state index contributed by atoms with van der Waals surface area (Å²) in [5.74, 6) is -0.000794. The summed E-state index contributed by atoms with van der Waals surface area (Å²) in [5, 5.41) is 14.3. The van der Waals surface area contributed by atoms with Gasteiger partial charge >= 0.3 is 0 Å². The van der Waals surface area contributed by atoms with E-state index in [-0.39, 0.29) is 11.7 Å². The van der Waals surface area contributed by atoms with E-state index in [1.807, 2.05) is 34.9 Å². The number of amides is 1. The van der Waals surface area contributed by atoms with Crippen LogP contribution in [0.15, 0.2) is 64.8 Å². The van der Waals surface area contributed by atoms with Gasteiger partial charge in [0.1, 0.15) is 11.2 Å². The average Bonchev–Trinajstić information content (AvgIpc) is 3.51. The highest BCUT2D eigenvalue weighted by Gasteiger charge is 2.23. The zero-order valence-corrected chi connectivity index (χ0v) is 18.2. The molecular formula is C24H22N4O3S. The molecule has 5 rings (SSSR count). The Kier molecular flexibility index (Phi) is 5.24. The number of nitrogens with zero attached hydrogens (tertiary/aromatic N) is 3. The molecule has 2 atom stereocenters. The summed E-state index contributed by atoms with van der Waals surface area (Å²) in [6.07, 6.45) is 3.97. The van der Waals surface area contributed by atoms with Crippen LogP contribution in [0.5, 0.6) is 0 Å². The second-order valence-corrected chi connectivity index (χ2v) is 8.76. The van der Waals surface area contributed by atoms with Crippen molar-refractivity contribution in [2.24, 2.45) is 5.73 Å². The van der Waals surface area contributed by atoms with Gasteiger partial charge in [-0.05, 0) is 36.6 Å². The number of primary amides is 1. The number of hydrogen-bond acceptors (Lipinski definition) is 6. The molecule has 0 aliphatic heterocycles. The summed E-state index contributed by atoms with van der Waals surface area (Å²) in [5.41, 5.74) is 7.95. The summed E-state index contributed by atoms with van der Waals surface area (Å²) in [6.45, 7) is 1.76. The molecule has 0 aliphatic carbocycles. The molecule has 3 N–H and O–H groups in total. The lowest BCUT2D eigenvalue weighted by Gasteiger charge is -2.19. The molecule has 32 heavy (non-hydrogen) atoms. The summed E-state index contributed by atoms with van der Waals surface area (Å²) in [6, 6.07) is 13.8. The fourth-order valence-electron chi connectivity index (χ4n) is 3.99. The molecule has 8 heteroatoms. The molecule has 3 aromatic heterocycles. The summed E-state index contributed by atoms with van der Waals surface area (Å²) in [7, 11) is 0. The van der Waals surface area contributed by atoms with Gasteiger partial charge in [-0.2, -0.15) is 0 Å². The van der Waals surface area contributed by atoms with E-state index >= 15 is 0 Å². The fraction of sp³-hybridized carbons (Fsp3) is 0.208. The molecule has 1 amide bonds. The Morgan fingerprint density at radius 2 is 2.06 bits per heavy atom. The highest BCUT2D eigenvalue weighted by atomic mass is 32.1. The van der Waals surface area contributed by atoms with Crippen LogP contribution in [-0.2, 0) is 0 Å². The van der Waals surface area contributed by atoms with E-state index in [9.17, 15) is 9.90 Å². The van der Waals surface area contributed by atoms with Crippen LogP contribution in [0, 0.1) is 0 Å². The molecule has 5 aromatic rings. The number of fused-ring (bicyclic) bond motifs is 2. The van der Waals surface area contributed by atoms with Gasteiger partial charge in [0.05, 0.1) is 23.4 Å². The van der Waals surface area contributed by atoms with Crippen molar-refractivity contribution in [3.05, 3.63) is 71.6 Å². The van der Waals surface area contributed by atoms with Gasteiger partial charge in [-0.25, -0.2) is 9.97 Å². The van der Waals surface area contributed by atoms with Gasteiger partial charge in [-0.1, -0.05) is 36.4 Å². The van der Waals surface area contributed by atoms with E-state index in [0.717, 1.165) is 26.7 Å². The largest absolute Gasteiger partial charge is 0.435 e. The Hall–Kier alpha value is -3.49. The summed E-state index contributed by atoms with van der Waals surface area (Å²) >= 11 is 1.61. The van der Waals surface area contributed by atoms with E-state index in [0.29, 0.717) is 24.3 Å². The number of carbonyl (C=O) groups excluding carboxylic acids is 1. The van der Waals surface area contributed by atoms with Gasteiger partial charge in [0.15, 0.2) is 5.58 Å². The maximum Gasteiger partial charge on any atom is 0.268 e. The molecule has 2 aromatic carbocycles. The molecule has 7 nitrogen and oxygen atoms in total. The first-order valence-corrected chi connectivity index (χ1v) is 11.3. The van der Waals surface area contributed by atoms with Crippen LogP contribution in [0.1, 0.15) is 41.9 Å². The first-order chi connectivity index (χ1) is 15.5. The van der Waals surface area contributed by atoms with Gasteiger partial charge in [-0.15, -0.1) is 11.3 Å². The number of benzene rings is 2. The van der Waals surface area contributed by atoms with E-state index in [2.05, 4.69) is 22.5 Å². The smallest absolute Gasteiger partial charge is 0.268 e. The Balaban J connectivity index is 1.62. The second-order valence-electron chi connectivity index (χ2n) is 7.88. The number of para-hydroxylation sites is 1. The summed E-state index contributed by atoms with van der Waals surface area (Å²) in [4.78, 5) is 21.5. The van der Waals surface area contributed by atoms with E-state index in [4.69, 9.17) is 15.1 Å². The van der Waals surface area contributed by atoms with Crippen molar-refractivity contribution in [3.8, 4) is 10.8 Å². The monoisotopic (exact) mass is 446 g/mol. The third kappa shape index (κ3) is 3.68. The maximum atomic E-state index is 11.6. The van der Waals surface area contributed by atoms with Crippen LogP contribution in [0.2, 0.25) is 0 Å². The first-order valence-electron chi connectivity index (χ1n) is 10.4. The molecule has 0 fully saturated rings. The number of aliphatic hydroxyl groups excluding tert-OH is 1. The van der Waals surface area contributed by atoms with Crippen molar-refractivity contribution in [3.63, 3.8) is 0 Å². The highest BCUT2D eigenvalue weighted by Crippen LogP contribution is 2.38. The van der Waals surface area contributed by atoms with Crippen LogP contribution in [0.25, 0.3) is 32.6 Å². The minimum Gasteiger partial charge on any atom is -0.435 e. The number of nitrogens with two attached hydrogens (primary N) is 1. The van der Waals surface area contributed by atoms with Crippen molar-refractivity contribution >= 4 is 39.1 Å². The number of oxazole rings is 1. The third-order valence-electron chi connectivity index (χ3n) is 5.58. The van der Waals surface area contributed by atoms with Crippen LogP contribution in [-0.4, -0.2) is 31.7 Å². The van der Waals surface area contributed by atoms with Crippen molar-refractivity contribution in [2.45, 2.75) is 31.9 Å². The Morgan fingerprint density at radius 1 is 1.22 bits per heavy atom. The van der Waals surface area contributed by atoms with Gasteiger partial charge in [0.25, 0.3) is 5.91 Å². The molecule has 0 bridgehead atoms. The number of thiophene rings is 1. The lowest BCUT2D eigenvalue weighted by atomic mass is 9.99. The predicted molar refractivity (Wildman–Crippen MR) is 125 cm³/mol. The predicted octanol–water partition coefficient (Wildman–Crippen LogP) is 4.76. The molecule has 1 unspecified atom stereocenters. The fourth-order valence-corrected chi connectivity index (χ4v) is 4.94. The molecule has 3 heterocycles. The van der Waals surface area contributed by atoms with Crippen molar-refractivity contribution in [1.29, 1.82) is 0 Å². The quantitative estimate of drug-likeness (QED) is 0.375. The number of carbonyl (C=O) groups is 1. The van der Waals surface area contributed by atoms with E-state index < -0.39 is 12.0 Å². The minimum atomic E-state index is -0.581. The molecule has 0 aliphatic rings. The molecule has 0 spiro atoms. The molecular weight excluding hydrogens is 424 g/mol. The van der Waals surface area contributed by atoms with Gasteiger partial charge < -0.3 is 19.8 Å².